The molecule has 1 unspecified atom stereocenters. The number of likely N-dealkylation sites (tertiary alicyclic amines) is 1. The number of carbonyl (C=O) groups is 1. The summed E-state index contributed by atoms with van der Waals surface area (Å²) in [6, 6.07) is 0. The predicted octanol–water partition coefficient (Wildman–Crippen LogP) is -0.898. The van der Waals surface area contributed by atoms with Gasteiger partial charge >= 0.3 is 0 Å². The highest BCUT2D eigenvalue weighted by Gasteiger charge is 2.26. The maximum atomic E-state index is 11.9. The Balaban J connectivity index is 1.86. The van der Waals surface area contributed by atoms with Crippen molar-refractivity contribution in [2.45, 2.75) is 19.4 Å². The molecular weight excluding hydrogens is 244 g/mol. The fourth-order valence-corrected chi connectivity index (χ4v) is 2.42. The fraction of sp³-hybridized carbons (Fsp3) is 0.750. The van der Waals surface area contributed by atoms with Crippen molar-refractivity contribution >= 4 is 5.91 Å². The third kappa shape index (κ3) is 3.74. The second-order valence-electron chi connectivity index (χ2n) is 4.95. The van der Waals surface area contributed by atoms with Gasteiger partial charge in [0.2, 0.25) is 5.91 Å². The third-order valence-corrected chi connectivity index (χ3v) is 3.49. The fourth-order valence-electron chi connectivity index (χ4n) is 2.42. The van der Waals surface area contributed by atoms with E-state index in [1.165, 1.54) is 0 Å². The number of nitrogens with one attached hydrogen (secondary N) is 1. The highest BCUT2D eigenvalue weighted by molar-refractivity contribution is 5.78. The lowest BCUT2D eigenvalue weighted by atomic mass is 9.97. The first kappa shape index (κ1) is 14.0. The van der Waals surface area contributed by atoms with Crippen LogP contribution in [0.1, 0.15) is 18.7 Å². The van der Waals surface area contributed by atoms with Gasteiger partial charge in [0, 0.05) is 26.7 Å². The van der Waals surface area contributed by atoms with E-state index < -0.39 is 0 Å². The van der Waals surface area contributed by atoms with Gasteiger partial charge in [0.05, 0.1) is 12.5 Å². The molecule has 1 fully saturated rings. The van der Waals surface area contributed by atoms with Crippen molar-refractivity contribution in [1.82, 2.24) is 25.0 Å². The van der Waals surface area contributed by atoms with Gasteiger partial charge in [0.15, 0.2) is 0 Å². The summed E-state index contributed by atoms with van der Waals surface area (Å²) in [6.07, 6.45) is 3.55. The Bertz CT molecular complexity index is 418. The van der Waals surface area contributed by atoms with Gasteiger partial charge in [-0.25, -0.2) is 4.98 Å². The van der Waals surface area contributed by atoms with Gasteiger partial charge in [0.1, 0.15) is 12.2 Å². The lowest BCUT2D eigenvalue weighted by molar-refractivity contribution is -0.126. The molecule has 19 heavy (non-hydrogen) atoms. The van der Waals surface area contributed by atoms with Crippen molar-refractivity contribution in [3.05, 3.63) is 12.2 Å². The second-order valence-corrected chi connectivity index (χ2v) is 4.95. The van der Waals surface area contributed by atoms with Gasteiger partial charge in [-0.2, -0.15) is 5.10 Å². The normalized spacial score (nSPS) is 20.4. The third-order valence-electron chi connectivity index (χ3n) is 3.49. The van der Waals surface area contributed by atoms with E-state index in [4.69, 9.17) is 5.73 Å². The molecule has 1 aliphatic rings. The monoisotopic (exact) mass is 266 g/mol. The standard InChI is InChI=1S/C12H22N6O/c1-17-11(15-9-16-17)8-18-6-2-3-10(7-18)12(19)14-5-4-13/h9-10H,2-8,13H2,1H3,(H,14,19). The molecule has 0 saturated carbocycles. The average Bonchev–Trinajstić information content (AvgIpc) is 2.82. The molecule has 2 heterocycles. The van der Waals surface area contributed by atoms with Crippen LogP contribution in [0.15, 0.2) is 6.33 Å². The predicted molar refractivity (Wildman–Crippen MR) is 71.1 cm³/mol. The van der Waals surface area contributed by atoms with Crippen LogP contribution in [0.25, 0.3) is 0 Å². The zero-order chi connectivity index (χ0) is 13.7. The van der Waals surface area contributed by atoms with E-state index in [0.717, 1.165) is 38.3 Å². The topological polar surface area (TPSA) is 89.1 Å². The van der Waals surface area contributed by atoms with E-state index in [9.17, 15) is 4.79 Å². The molecule has 106 valence electrons. The molecule has 1 aromatic heterocycles. The van der Waals surface area contributed by atoms with Gasteiger partial charge in [-0.3, -0.25) is 14.4 Å². The molecule has 7 nitrogen and oxygen atoms in total. The Kier molecular flexibility index (Phi) is 4.86. The first-order chi connectivity index (χ1) is 9.20. The van der Waals surface area contributed by atoms with E-state index in [1.54, 1.807) is 11.0 Å². The molecule has 7 heteroatoms. The van der Waals surface area contributed by atoms with E-state index >= 15 is 0 Å². The van der Waals surface area contributed by atoms with Crippen molar-refractivity contribution in [1.29, 1.82) is 0 Å². The van der Waals surface area contributed by atoms with Crippen molar-refractivity contribution in [2.75, 3.05) is 26.2 Å². The molecule has 1 aromatic rings. The van der Waals surface area contributed by atoms with Crippen LogP contribution in [0.2, 0.25) is 0 Å². The number of carbonyl (C=O) groups excluding carboxylic acids is 1. The molecular formula is C12H22N6O. The molecule has 1 saturated heterocycles. The molecule has 1 atom stereocenters. The van der Waals surface area contributed by atoms with Gasteiger partial charge in [-0.1, -0.05) is 0 Å². The number of aromatic nitrogens is 3. The Morgan fingerprint density at radius 1 is 1.63 bits per heavy atom. The van der Waals surface area contributed by atoms with Crippen molar-refractivity contribution in [3.63, 3.8) is 0 Å². The number of hydrogen-bond donors (Lipinski definition) is 2. The number of rotatable bonds is 5. The minimum absolute atomic E-state index is 0.0635. The highest BCUT2D eigenvalue weighted by Crippen LogP contribution is 2.18. The van der Waals surface area contributed by atoms with Crippen LogP contribution >= 0.6 is 0 Å². The number of aryl methyl sites for hydroxylation is 1. The molecule has 1 aliphatic heterocycles. The molecule has 0 spiro atoms. The maximum Gasteiger partial charge on any atom is 0.224 e. The van der Waals surface area contributed by atoms with E-state index in [1.807, 2.05) is 7.05 Å². The Labute approximate surface area is 113 Å². The first-order valence-corrected chi connectivity index (χ1v) is 6.73. The highest BCUT2D eigenvalue weighted by atomic mass is 16.1. The summed E-state index contributed by atoms with van der Waals surface area (Å²) in [7, 11) is 1.89. The van der Waals surface area contributed by atoms with Crippen LogP contribution in [0.4, 0.5) is 0 Å². The molecule has 2 rings (SSSR count). The summed E-state index contributed by atoms with van der Waals surface area (Å²) in [4.78, 5) is 18.4. The van der Waals surface area contributed by atoms with Crippen LogP contribution in [0.3, 0.4) is 0 Å². The van der Waals surface area contributed by atoms with Crippen molar-refractivity contribution < 1.29 is 4.79 Å². The smallest absolute Gasteiger partial charge is 0.224 e. The van der Waals surface area contributed by atoms with Gasteiger partial charge in [-0.15, -0.1) is 0 Å². The number of hydrogen-bond acceptors (Lipinski definition) is 5. The largest absolute Gasteiger partial charge is 0.355 e. The van der Waals surface area contributed by atoms with Crippen LogP contribution in [0.5, 0.6) is 0 Å². The minimum Gasteiger partial charge on any atom is -0.355 e. The van der Waals surface area contributed by atoms with E-state index in [-0.39, 0.29) is 11.8 Å². The summed E-state index contributed by atoms with van der Waals surface area (Å²) >= 11 is 0. The molecule has 0 radical (unpaired) electrons. The quantitative estimate of drug-likeness (QED) is 0.721. The molecule has 3 N–H and O–H groups in total. The molecule has 0 aliphatic carbocycles. The number of piperidine rings is 1. The Morgan fingerprint density at radius 3 is 3.16 bits per heavy atom. The average molecular weight is 266 g/mol. The second kappa shape index (κ2) is 6.63. The van der Waals surface area contributed by atoms with Crippen molar-refractivity contribution in [3.8, 4) is 0 Å². The lowest BCUT2D eigenvalue weighted by Crippen LogP contribution is -2.44. The van der Waals surface area contributed by atoms with Gasteiger partial charge in [-0.05, 0) is 19.4 Å². The molecule has 1 amide bonds. The van der Waals surface area contributed by atoms with Crippen LogP contribution in [-0.2, 0) is 18.4 Å². The minimum atomic E-state index is 0.0635. The summed E-state index contributed by atoms with van der Waals surface area (Å²) in [5.74, 6) is 1.12. The maximum absolute atomic E-state index is 11.9. The molecule has 0 aromatic carbocycles. The van der Waals surface area contributed by atoms with E-state index in [2.05, 4.69) is 20.3 Å². The van der Waals surface area contributed by atoms with Crippen LogP contribution < -0.4 is 11.1 Å². The summed E-state index contributed by atoms with van der Waals surface area (Å²) in [6.45, 7) is 3.58. The SMILES string of the molecule is Cn1ncnc1CN1CCCC(C(=O)NCCN)C1. The lowest BCUT2D eigenvalue weighted by Gasteiger charge is -2.31. The summed E-state index contributed by atoms with van der Waals surface area (Å²) in [5, 5.41) is 6.93. The van der Waals surface area contributed by atoms with Gasteiger partial charge < -0.3 is 11.1 Å². The number of nitrogens with zero attached hydrogens (tertiary/aromatic N) is 4. The zero-order valence-electron chi connectivity index (χ0n) is 11.4. The van der Waals surface area contributed by atoms with Crippen molar-refractivity contribution in [2.24, 2.45) is 18.7 Å². The Hall–Kier alpha value is -1.47. The first-order valence-electron chi connectivity index (χ1n) is 6.73. The summed E-state index contributed by atoms with van der Waals surface area (Å²) in [5.41, 5.74) is 5.40. The Morgan fingerprint density at radius 2 is 2.47 bits per heavy atom. The number of amides is 1. The van der Waals surface area contributed by atoms with Gasteiger partial charge in [0.25, 0.3) is 0 Å². The zero-order valence-corrected chi connectivity index (χ0v) is 11.4. The van der Waals surface area contributed by atoms with Crippen LogP contribution in [0, 0.1) is 5.92 Å². The number of nitrogens with two attached hydrogens (primary N) is 1. The van der Waals surface area contributed by atoms with Crippen LogP contribution in [-0.4, -0.2) is 51.8 Å². The van der Waals surface area contributed by atoms with E-state index in [0.29, 0.717) is 13.1 Å². The summed E-state index contributed by atoms with van der Waals surface area (Å²) < 4.78 is 1.78. The molecule has 0 bridgehead atoms.